The molecule has 3 amide bonds. The second-order valence-electron chi connectivity index (χ2n) is 13.6. The van der Waals surface area contributed by atoms with Crippen LogP contribution in [0.2, 0.25) is 0 Å². The van der Waals surface area contributed by atoms with E-state index < -0.39 is 35.9 Å². The number of aliphatic hydroxyl groups excluding tert-OH is 2. The molecule has 2 aliphatic heterocycles. The van der Waals surface area contributed by atoms with Gasteiger partial charge >= 0.3 is 0 Å². The third-order valence-electron chi connectivity index (χ3n) is 10.2. The van der Waals surface area contributed by atoms with Crippen LogP contribution in [0.25, 0.3) is 33.8 Å². The van der Waals surface area contributed by atoms with Gasteiger partial charge in [0, 0.05) is 24.2 Å². The summed E-state index contributed by atoms with van der Waals surface area (Å²) in [5.74, 6) is -0.943. The molecule has 2 saturated heterocycles. The van der Waals surface area contributed by atoms with Gasteiger partial charge in [0.1, 0.15) is 17.7 Å². The van der Waals surface area contributed by atoms with Gasteiger partial charge in [-0.05, 0) is 73.2 Å². The molecule has 2 aliphatic rings. The molecule has 4 atom stereocenters. The Kier molecular flexibility index (Phi) is 9.48. The molecule has 2 aromatic heterocycles. The number of halogens is 1. The molecule has 13 heteroatoms. The lowest BCUT2D eigenvalue weighted by Crippen LogP contribution is -2.45. The van der Waals surface area contributed by atoms with E-state index in [1.165, 1.54) is 17.0 Å². The van der Waals surface area contributed by atoms with E-state index in [9.17, 15) is 24.6 Å². The lowest BCUT2D eigenvalue weighted by Gasteiger charge is -2.26. The third kappa shape index (κ3) is 6.74. The smallest absolute Gasteiger partial charge is 0.256 e. The number of imidazole rings is 1. The number of likely N-dealkylation sites (tertiary alicyclic amines) is 2. The Morgan fingerprint density at radius 3 is 2.17 bits per heavy atom. The maximum absolute atomic E-state index is 15.4. The van der Waals surface area contributed by atoms with Crippen LogP contribution >= 0.6 is 0 Å². The molecule has 12 nitrogen and oxygen atoms in total. The normalized spacial score (nSPS) is 18.2. The van der Waals surface area contributed by atoms with Crippen molar-refractivity contribution in [1.82, 2.24) is 24.8 Å². The average Bonchev–Trinajstić information content (AvgIpc) is 4.04. The van der Waals surface area contributed by atoms with Gasteiger partial charge in [-0.15, -0.1) is 0 Å². The standard InChI is InChI=1S/C41H37FN6O6/c42-28-21-27(16-17-29(28)46-38(51)33-14-8-20-48(33)41(53)36(50)25-11-5-2-6-12-25)39-43-23-34(54-39)26-15-18-30-31(22-26)45-37(44-30)32-13-7-19-47(32)40(52)35(49)24-9-3-1-4-10-24/h1-6,9-12,15-18,21-23,32-33,35-36,49-50H,7-8,13-14,19-20H2,(H,44,45)(H,46,51)/t32-,33?,35+,36+/m0/s1. The van der Waals surface area contributed by atoms with Gasteiger partial charge in [0.15, 0.2) is 18.0 Å². The Labute approximate surface area is 309 Å². The Bertz CT molecular complexity index is 2330. The maximum atomic E-state index is 15.4. The fourth-order valence-electron chi connectivity index (χ4n) is 7.33. The molecule has 8 rings (SSSR count). The zero-order valence-corrected chi connectivity index (χ0v) is 29.1. The van der Waals surface area contributed by atoms with Gasteiger partial charge in [0.25, 0.3) is 11.8 Å². The van der Waals surface area contributed by atoms with Crippen molar-refractivity contribution >= 4 is 34.4 Å². The second-order valence-corrected chi connectivity index (χ2v) is 13.6. The van der Waals surface area contributed by atoms with E-state index in [0.717, 1.165) is 11.9 Å². The highest BCUT2D eigenvalue weighted by Gasteiger charge is 2.38. The Hall–Kier alpha value is -6.18. The molecule has 0 saturated carbocycles. The molecule has 0 bridgehead atoms. The first-order chi connectivity index (χ1) is 26.2. The summed E-state index contributed by atoms with van der Waals surface area (Å²) in [5, 5.41) is 24.0. The van der Waals surface area contributed by atoms with E-state index in [1.54, 1.807) is 71.8 Å². The summed E-state index contributed by atoms with van der Waals surface area (Å²) in [5.41, 5.74) is 3.40. The molecule has 4 aromatic carbocycles. The van der Waals surface area contributed by atoms with E-state index in [-0.39, 0.29) is 23.5 Å². The summed E-state index contributed by atoms with van der Waals surface area (Å²) >= 11 is 0. The number of aromatic amines is 1. The number of aliphatic hydroxyl groups is 2. The number of H-pyrrole nitrogens is 1. The number of benzene rings is 4. The number of fused-ring (bicyclic) bond motifs is 1. The minimum atomic E-state index is -1.40. The average molecular weight is 729 g/mol. The first-order valence-corrected chi connectivity index (χ1v) is 17.9. The molecule has 4 N–H and O–H groups in total. The van der Waals surface area contributed by atoms with Crippen molar-refractivity contribution in [2.75, 3.05) is 18.4 Å². The predicted octanol–water partition coefficient (Wildman–Crippen LogP) is 6.08. The number of carbonyl (C=O) groups is 3. The Morgan fingerprint density at radius 1 is 0.815 bits per heavy atom. The first kappa shape index (κ1) is 34.9. The molecule has 2 fully saturated rings. The second kappa shape index (κ2) is 14.7. The number of hydrogen-bond donors (Lipinski definition) is 4. The molecule has 54 heavy (non-hydrogen) atoms. The Morgan fingerprint density at radius 2 is 1.46 bits per heavy atom. The molecular formula is C41H37FN6O6. The van der Waals surface area contributed by atoms with Gasteiger partial charge in [-0.2, -0.15) is 0 Å². The quantitative estimate of drug-likeness (QED) is 0.139. The van der Waals surface area contributed by atoms with Gasteiger partial charge in [-0.25, -0.2) is 14.4 Å². The van der Waals surface area contributed by atoms with Crippen molar-refractivity contribution in [3.05, 3.63) is 126 Å². The number of hydrogen-bond acceptors (Lipinski definition) is 8. The molecule has 0 aliphatic carbocycles. The van der Waals surface area contributed by atoms with E-state index >= 15 is 4.39 Å². The third-order valence-corrected chi connectivity index (χ3v) is 10.2. The first-order valence-electron chi connectivity index (χ1n) is 17.9. The van der Waals surface area contributed by atoms with Crippen molar-refractivity contribution in [2.45, 2.75) is 50.0 Å². The van der Waals surface area contributed by atoms with Crippen LogP contribution in [0.5, 0.6) is 0 Å². The highest BCUT2D eigenvalue weighted by atomic mass is 19.1. The number of nitrogens with zero attached hydrogens (tertiary/aromatic N) is 4. The van der Waals surface area contributed by atoms with Crippen molar-refractivity contribution < 1.29 is 33.4 Å². The number of anilines is 1. The van der Waals surface area contributed by atoms with Crippen molar-refractivity contribution in [3.63, 3.8) is 0 Å². The van der Waals surface area contributed by atoms with Gasteiger partial charge in [0.2, 0.25) is 11.8 Å². The fourth-order valence-corrected chi connectivity index (χ4v) is 7.33. The van der Waals surface area contributed by atoms with Crippen LogP contribution < -0.4 is 5.32 Å². The summed E-state index contributed by atoms with van der Waals surface area (Å²) in [6.07, 6.45) is 1.35. The molecule has 274 valence electrons. The predicted molar refractivity (Wildman–Crippen MR) is 197 cm³/mol. The van der Waals surface area contributed by atoms with Crippen LogP contribution in [0, 0.1) is 5.82 Å². The summed E-state index contributed by atoms with van der Waals surface area (Å²) in [6, 6.07) is 26.0. The highest BCUT2D eigenvalue weighted by molar-refractivity contribution is 5.98. The molecule has 0 spiro atoms. The number of carbonyl (C=O) groups excluding carboxylic acids is 3. The minimum absolute atomic E-state index is 0.0592. The zero-order chi connectivity index (χ0) is 37.3. The Balaban J connectivity index is 0.942. The molecule has 1 unspecified atom stereocenters. The molecule has 0 radical (unpaired) electrons. The molecule has 6 aromatic rings. The minimum Gasteiger partial charge on any atom is -0.436 e. The van der Waals surface area contributed by atoms with Crippen molar-refractivity contribution in [3.8, 4) is 22.8 Å². The van der Waals surface area contributed by atoms with Crippen LogP contribution in [-0.4, -0.2) is 71.8 Å². The van der Waals surface area contributed by atoms with Gasteiger partial charge in [-0.1, -0.05) is 60.7 Å². The van der Waals surface area contributed by atoms with Crippen molar-refractivity contribution in [2.24, 2.45) is 0 Å². The van der Waals surface area contributed by atoms with Gasteiger partial charge in [0.05, 0.1) is 29.0 Å². The van der Waals surface area contributed by atoms with Crippen LogP contribution in [-0.2, 0) is 14.4 Å². The number of oxazole rings is 1. The largest absolute Gasteiger partial charge is 0.436 e. The number of rotatable bonds is 9. The monoisotopic (exact) mass is 728 g/mol. The van der Waals surface area contributed by atoms with Crippen LogP contribution in [0.3, 0.4) is 0 Å². The lowest BCUT2D eigenvalue weighted by atomic mass is 10.1. The van der Waals surface area contributed by atoms with Gasteiger partial charge in [-0.3, -0.25) is 14.4 Å². The van der Waals surface area contributed by atoms with Crippen LogP contribution in [0.1, 0.15) is 60.9 Å². The number of nitrogens with one attached hydrogen (secondary N) is 2. The van der Waals surface area contributed by atoms with E-state index in [4.69, 9.17) is 9.40 Å². The maximum Gasteiger partial charge on any atom is 0.256 e. The zero-order valence-electron chi connectivity index (χ0n) is 29.1. The summed E-state index contributed by atoms with van der Waals surface area (Å²) in [4.78, 5) is 55.1. The molecular weight excluding hydrogens is 691 g/mol. The molecule has 4 heterocycles. The van der Waals surface area contributed by atoms with Crippen molar-refractivity contribution in [1.29, 1.82) is 0 Å². The highest BCUT2D eigenvalue weighted by Crippen LogP contribution is 2.35. The summed E-state index contributed by atoms with van der Waals surface area (Å²) in [7, 11) is 0. The number of amides is 3. The van der Waals surface area contributed by atoms with Gasteiger partial charge < -0.3 is 34.7 Å². The van der Waals surface area contributed by atoms with E-state index in [1.807, 2.05) is 24.3 Å². The lowest BCUT2D eigenvalue weighted by molar-refractivity contribution is -0.144. The van der Waals surface area contributed by atoms with E-state index in [0.29, 0.717) is 71.7 Å². The van der Waals surface area contributed by atoms with Crippen LogP contribution in [0.15, 0.2) is 108 Å². The number of aromatic nitrogens is 3. The topological polar surface area (TPSA) is 165 Å². The van der Waals surface area contributed by atoms with E-state index in [2.05, 4.69) is 15.3 Å². The van der Waals surface area contributed by atoms with Crippen LogP contribution in [0.4, 0.5) is 10.1 Å². The SMILES string of the molecule is O=C(Nc1ccc(-c2ncc(-c3ccc4nc([C@@H]5CCCN5C(=O)[C@H](O)c5ccccc5)[nH]c4c3)o2)cc1F)C1CCCN1C(=O)[C@H](O)c1ccccc1. The summed E-state index contributed by atoms with van der Waals surface area (Å²) in [6.45, 7) is 0.828. The fraction of sp³-hybridized carbons (Fsp3) is 0.244. The summed E-state index contributed by atoms with van der Waals surface area (Å²) < 4.78 is 21.4.